The van der Waals surface area contributed by atoms with Crippen molar-refractivity contribution in [2.45, 2.75) is 52.2 Å². The number of oxime groups is 1. The van der Waals surface area contributed by atoms with Gasteiger partial charge < -0.3 is 20.0 Å². The lowest BCUT2D eigenvalue weighted by molar-refractivity contribution is -0.139. The van der Waals surface area contributed by atoms with Crippen LogP contribution in [0.4, 0.5) is 29.7 Å². The van der Waals surface area contributed by atoms with Crippen LogP contribution in [0.15, 0.2) is 78.0 Å². The van der Waals surface area contributed by atoms with Gasteiger partial charge in [-0.05, 0) is 99.5 Å². The predicted molar refractivity (Wildman–Crippen MR) is 171 cm³/mol. The molecule has 242 valence electrons. The minimum Gasteiger partial charge on any atom is -0.480 e. The van der Waals surface area contributed by atoms with Crippen LogP contribution in [0.3, 0.4) is 0 Å². The van der Waals surface area contributed by atoms with Gasteiger partial charge in [0.05, 0.1) is 5.71 Å². The van der Waals surface area contributed by atoms with E-state index < -0.39 is 41.4 Å². The highest BCUT2D eigenvalue weighted by atomic mass is 19.1. The number of carbonyl (C=O) groups is 3. The summed E-state index contributed by atoms with van der Waals surface area (Å²) < 4.78 is 33.9. The molecule has 3 aromatic rings. The Labute approximate surface area is 265 Å². The number of urea groups is 1. The number of allylic oxidation sites excluding steroid dienone is 1. The highest BCUT2D eigenvalue weighted by Gasteiger charge is 2.25. The van der Waals surface area contributed by atoms with Crippen molar-refractivity contribution < 1.29 is 37.8 Å². The van der Waals surface area contributed by atoms with Crippen LogP contribution in [0.2, 0.25) is 0 Å². The zero-order valence-electron chi connectivity index (χ0n) is 26.1. The Bertz CT molecular complexity index is 1650. The van der Waals surface area contributed by atoms with Gasteiger partial charge in [0.25, 0.3) is 0 Å². The van der Waals surface area contributed by atoms with Crippen molar-refractivity contribution in [2.24, 2.45) is 11.1 Å². The summed E-state index contributed by atoms with van der Waals surface area (Å²) in [7, 11) is 1.42. The standard InChI is InChI=1S/C34H36F2N4O6/c1-20-6-17-29(22-8-12-24(13-9-22)37-33(44)45-34(2,3)4)46-39-30(20)26-16-7-21(18-27(26)36)19-28(31(41)42)38-32(43)40(5)25-14-10-23(35)11-15-25/h7-18,20,28H,6,19H2,1-5H3,(H,37,44)(H,38,43)(H,41,42). The Morgan fingerprint density at radius 2 is 1.74 bits per heavy atom. The molecule has 3 aromatic carbocycles. The van der Waals surface area contributed by atoms with Crippen molar-refractivity contribution in [3.63, 3.8) is 0 Å². The van der Waals surface area contributed by atoms with Gasteiger partial charge in [-0.2, -0.15) is 0 Å². The van der Waals surface area contributed by atoms with Crippen LogP contribution in [-0.4, -0.2) is 47.6 Å². The van der Waals surface area contributed by atoms with Gasteiger partial charge in [0.15, 0.2) is 5.76 Å². The molecule has 46 heavy (non-hydrogen) atoms. The number of amides is 3. The first-order valence-corrected chi connectivity index (χ1v) is 14.6. The molecule has 0 fully saturated rings. The van der Waals surface area contributed by atoms with E-state index in [1.807, 2.05) is 13.0 Å². The number of rotatable bonds is 8. The third kappa shape index (κ3) is 8.90. The topological polar surface area (TPSA) is 130 Å². The summed E-state index contributed by atoms with van der Waals surface area (Å²) in [5.41, 5.74) is 1.91. The number of ether oxygens (including phenoxy) is 1. The summed E-state index contributed by atoms with van der Waals surface area (Å²) in [4.78, 5) is 43.6. The monoisotopic (exact) mass is 634 g/mol. The van der Waals surface area contributed by atoms with Crippen LogP contribution in [0.25, 0.3) is 5.76 Å². The number of halogens is 2. The van der Waals surface area contributed by atoms with Crippen LogP contribution in [0, 0.1) is 17.6 Å². The van der Waals surface area contributed by atoms with E-state index in [0.717, 1.165) is 4.90 Å². The molecule has 12 heteroatoms. The fourth-order valence-electron chi connectivity index (χ4n) is 4.60. The molecule has 1 aliphatic rings. The van der Waals surface area contributed by atoms with E-state index in [1.54, 1.807) is 51.1 Å². The minimum atomic E-state index is -1.35. The average Bonchev–Trinajstić information content (AvgIpc) is 3.17. The summed E-state index contributed by atoms with van der Waals surface area (Å²) in [6.45, 7) is 7.21. The third-order valence-corrected chi connectivity index (χ3v) is 7.04. The van der Waals surface area contributed by atoms with Crippen LogP contribution >= 0.6 is 0 Å². The lowest BCUT2D eigenvalue weighted by Crippen LogP contribution is -2.47. The third-order valence-electron chi connectivity index (χ3n) is 7.04. The second kappa shape index (κ2) is 14.2. The number of hydrogen-bond donors (Lipinski definition) is 3. The molecule has 10 nitrogen and oxygen atoms in total. The molecule has 0 saturated carbocycles. The fraction of sp³-hybridized carbons (Fsp3) is 0.294. The second-order valence-electron chi connectivity index (χ2n) is 11.9. The molecule has 3 amide bonds. The van der Waals surface area contributed by atoms with Crippen LogP contribution < -0.4 is 15.5 Å². The summed E-state index contributed by atoms with van der Waals surface area (Å²) in [5.74, 6) is -2.13. The van der Waals surface area contributed by atoms with E-state index in [1.165, 1.54) is 43.4 Å². The largest absolute Gasteiger partial charge is 0.480 e. The Hall–Kier alpha value is -5.26. The van der Waals surface area contributed by atoms with Gasteiger partial charge in [-0.3, -0.25) is 10.2 Å². The molecule has 0 aromatic heterocycles. The first-order valence-electron chi connectivity index (χ1n) is 14.6. The number of anilines is 2. The molecule has 0 spiro atoms. The molecule has 2 unspecified atom stereocenters. The molecule has 2 atom stereocenters. The number of hydrogen-bond acceptors (Lipinski definition) is 6. The van der Waals surface area contributed by atoms with Crippen molar-refractivity contribution in [2.75, 3.05) is 17.3 Å². The summed E-state index contributed by atoms with van der Waals surface area (Å²) >= 11 is 0. The molecule has 1 heterocycles. The van der Waals surface area contributed by atoms with Gasteiger partial charge in [-0.15, -0.1) is 0 Å². The van der Waals surface area contributed by atoms with E-state index in [4.69, 9.17) is 9.57 Å². The van der Waals surface area contributed by atoms with Gasteiger partial charge >= 0.3 is 18.1 Å². The van der Waals surface area contributed by atoms with Gasteiger partial charge in [-0.25, -0.2) is 23.2 Å². The highest BCUT2D eigenvalue weighted by molar-refractivity contribution is 6.02. The van der Waals surface area contributed by atoms with Crippen molar-refractivity contribution in [1.29, 1.82) is 0 Å². The van der Waals surface area contributed by atoms with E-state index in [0.29, 0.717) is 40.4 Å². The first kappa shape index (κ1) is 33.6. The fourth-order valence-corrected chi connectivity index (χ4v) is 4.60. The van der Waals surface area contributed by atoms with Gasteiger partial charge in [0, 0.05) is 41.9 Å². The summed E-state index contributed by atoms with van der Waals surface area (Å²) in [6, 6.07) is 14.3. The minimum absolute atomic E-state index is 0.182. The zero-order chi connectivity index (χ0) is 33.6. The zero-order valence-corrected chi connectivity index (χ0v) is 26.1. The van der Waals surface area contributed by atoms with E-state index in [2.05, 4.69) is 15.8 Å². The molecule has 0 bridgehead atoms. The molecule has 0 saturated heterocycles. The maximum Gasteiger partial charge on any atom is 0.412 e. The number of carboxylic acids is 1. The number of nitrogens with one attached hydrogen (secondary N) is 2. The number of carboxylic acid groups (broad SMARTS) is 1. The molecule has 1 aliphatic heterocycles. The van der Waals surface area contributed by atoms with Crippen LogP contribution in [-0.2, 0) is 20.8 Å². The normalized spacial score (nSPS) is 15.3. The highest BCUT2D eigenvalue weighted by Crippen LogP contribution is 2.28. The maximum atomic E-state index is 15.4. The van der Waals surface area contributed by atoms with Crippen molar-refractivity contribution in [3.05, 3.63) is 101 Å². The maximum absolute atomic E-state index is 15.4. The van der Waals surface area contributed by atoms with E-state index in [-0.39, 0.29) is 17.9 Å². The summed E-state index contributed by atoms with van der Waals surface area (Å²) in [5, 5.41) is 19.1. The number of nitrogens with zero attached hydrogens (tertiary/aromatic N) is 2. The molecular weight excluding hydrogens is 598 g/mol. The van der Waals surface area contributed by atoms with Gasteiger partial charge in [0.2, 0.25) is 0 Å². The first-order chi connectivity index (χ1) is 21.7. The van der Waals surface area contributed by atoms with Gasteiger partial charge in [0.1, 0.15) is 23.3 Å². The smallest absolute Gasteiger partial charge is 0.412 e. The lowest BCUT2D eigenvalue weighted by Gasteiger charge is -2.22. The van der Waals surface area contributed by atoms with Crippen molar-refractivity contribution in [1.82, 2.24) is 5.32 Å². The Morgan fingerprint density at radius 3 is 2.35 bits per heavy atom. The molecular formula is C34H36F2N4O6. The van der Waals surface area contributed by atoms with E-state index in [9.17, 15) is 23.9 Å². The Morgan fingerprint density at radius 1 is 1.07 bits per heavy atom. The number of aliphatic carboxylic acids is 1. The van der Waals surface area contributed by atoms with Gasteiger partial charge in [-0.1, -0.05) is 18.1 Å². The predicted octanol–water partition coefficient (Wildman–Crippen LogP) is 6.96. The van der Waals surface area contributed by atoms with Crippen molar-refractivity contribution in [3.8, 4) is 0 Å². The summed E-state index contributed by atoms with van der Waals surface area (Å²) in [6.07, 6.45) is 1.60. The molecule has 0 aliphatic carbocycles. The number of benzene rings is 3. The number of carbonyl (C=O) groups excluding carboxylic acids is 2. The molecule has 3 N–H and O–H groups in total. The van der Waals surface area contributed by atoms with Crippen molar-refractivity contribution >= 4 is 40.9 Å². The SMILES string of the molecule is CC1CC=C(c2ccc(NC(=O)OC(C)(C)C)cc2)ON=C1c1ccc(CC(NC(=O)N(C)c2ccc(F)cc2)C(=O)O)cc1F. The molecule has 0 radical (unpaired) electrons. The lowest BCUT2D eigenvalue weighted by atomic mass is 9.93. The Balaban J connectivity index is 1.42. The van der Waals surface area contributed by atoms with E-state index >= 15 is 4.39 Å². The van der Waals surface area contributed by atoms with Crippen LogP contribution in [0.1, 0.15) is 50.8 Å². The van der Waals surface area contributed by atoms with Crippen LogP contribution in [0.5, 0.6) is 0 Å². The second-order valence-corrected chi connectivity index (χ2v) is 11.9. The Kier molecular flexibility index (Phi) is 10.4. The quantitative estimate of drug-likeness (QED) is 0.246. The average molecular weight is 635 g/mol. The molecule has 4 rings (SSSR count).